The van der Waals surface area contributed by atoms with Gasteiger partial charge >= 0.3 is 0 Å². The summed E-state index contributed by atoms with van der Waals surface area (Å²) in [6, 6.07) is 7.61. The van der Waals surface area contributed by atoms with Gasteiger partial charge in [0.05, 0.1) is 0 Å². The van der Waals surface area contributed by atoms with E-state index < -0.39 is 0 Å². The highest BCUT2D eigenvalue weighted by molar-refractivity contribution is 5.63. The van der Waals surface area contributed by atoms with Crippen LogP contribution in [0.1, 0.15) is 5.56 Å². The highest BCUT2D eigenvalue weighted by Crippen LogP contribution is 2.25. The average Bonchev–Trinajstić information content (AvgIpc) is 2.97. The predicted molar refractivity (Wildman–Crippen MR) is 75.3 cm³/mol. The van der Waals surface area contributed by atoms with Gasteiger partial charge < -0.3 is 10.2 Å². The van der Waals surface area contributed by atoms with E-state index in [1.165, 1.54) is 12.4 Å². The molecule has 0 unspecified atom stereocenters. The number of benzene rings is 1. The Bertz CT molecular complexity index is 748. The first-order valence-electron chi connectivity index (χ1n) is 5.91. The van der Waals surface area contributed by atoms with Gasteiger partial charge in [0.25, 0.3) is 5.89 Å². The van der Waals surface area contributed by atoms with E-state index in [2.05, 4.69) is 26.7 Å². The molecule has 0 bridgehead atoms. The fourth-order valence-corrected chi connectivity index (χ4v) is 1.71. The van der Waals surface area contributed by atoms with Gasteiger partial charge in [-0.3, -0.25) is 0 Å². The monoisotopic (exact) mass is 265 g/mol. The minimum Gasteiger partial charge on any atom is -0.414 e. The summed E-state index contributed by atoms with van der Waals surface area (Å²) >= 11 is 0. The molecule has 0 radical (unpaired) electrons. The molecule has 0 amide bonds. The fraction of sp³-hybridized carbons (Fsp3) is 0. The van der Waals surface area contributed by atoms with E-state index in [0.29, 0.717) is 11.6 Å². The lowest BCUT2D eigenvalue weighted by atomic mass is 10.1. The van der Waals surface area contributed by atoms with Gasteiger partial charge in [-0.05, 0) is 17.7 Å². The molecule has 0 saturated heterocycles. The van der Waals surface area contributed by atoms with Crippen molar-refractivity contribution in [3.63, 3.8) is 0 Å². The van der Waals surface area contributed by atoms with E-state index in [0.717, 1.165) is 11.1 Å². The van der Waals surface area contributed by atoms with Crippen LogP contribution in [0.15, 0.2) is 47.7 Å². The number of nitrogen functional groups attached to an aromatic ring is 1. The van der Waals surface area contributed by atoms with Crippen LogP contribution in [0.3, 0.4) is 0 Å². The summed E-state index contributed by atoms with van der Waals surface area (Å²) in [4.78, 5) is 8.02. The molecular weight excluding hydrogens is 254 g/mol. The summed E-state index contributed by atoms with van der Waals surface area (Å²) in [6.07, 6.45) is 4.79. The number of anilines is 1. The second kappa shape index (κ2) is 4.93. The van der Waals surface area contributed by atoms with Crippen LogP contribution in [0.25, 0.3) is 29.1 Å². The molecule has 2 aromatic heterocycles. The predicted octanol–water partition coefficient (Wildman–Crippen LogP) is 2.42. The van der Waals surface area contributed by atoms with Crippen molar-refractivity contribution in [2.45, 2.75) is 0 Å². The Morgan fingerprint density at radius 3 is 2.40 bits per heavy atom. The van der Waals surface area contributed by atoms with E-state index in [9.17, 15) is 0 Å². The second-order valence-electron chi connectivity index (χ2n) is 4.03. The molecule has 6 nitrogen and oxygen atoms in total. The molecule has 3 aromatic rings. The number of aromatic nitrogens is 4. The minimum atomic E-state index is 0.249. The molecule has 0 aliphatic rings. The van der Waals surface area contributed by atoms with Crippen molar-refractivity contribution in [1.82, 2.24) is 20.2 Å². The molecule has 20 heavy (non-hydrogen) atoms. The first-order valence-corrected chi connectivity index (χ1v) is 5.91. The van der Waals surface area contributed by atoms with Crippen LogP contribution < -0.4 is 5.73 Å². The maximum atomic E-state index is 5.73. The van der Waals surface area contributed by atoms with Gasteiger partial charge in [-0.1, -0.05) is 24.8 Å². The third-order valence-corrected chi connectivity index (χ3v) is 2.75. The van der Waals surface area contributed by atoms with Crippen LogP contribution in [0.5, 0.6) is 0 Å². The van der Waals surface area contributed by atoms with Gasteiger partial charge in [0, 0.05) is 18.0 Å². The highest BCUT2D eigenvalue weighted by Gasteiger charge is 2.14. The summed E-state index contributed by atoms with van der Waals surface area (Å²) in [5, 5.41) is 7.94. The molecule has 2 N–H and O–H groups in total. The molecule has 0 spiro atoms. The van der Waals surface area contributed by atoms with Crippen molar-refractivity contribution in [3.05, 3.63) is 48.8 Å². The summed E-state index contributed by atoms with van der Waals surface area (Å²) < 4.78 is 5.58. The molecule has 2 heterocycles. The quantitative estimate of drug-likeness (QED) is 0.782. The molecule has 6 heteroatoms. The van der Waals surface area contributed by atoms with Crippen LogP contribution >= 0.6 is 0 Å². The lowest BCUT2D eigenvalue weighted by Crippen LogP contribution is -1.95. The summed E-state index contributed by atoms with van der Waals surface area (Å²) in [6.45, 7) is 3.71. The van der Waals surface area contributed by atoms with Crippen molar-refractivity contribution in [2.75, 3.05) is 5.73 Å². The zero-order valence-corrected chi connectivity index (χ0v) is 10.5. The maximum absolute atomic E-state index is 5.73. The van der Waals surface area contributed by atoms with E-state index in [1.807, 2.05) is 24.3 Å². The molecule has 3 rings (SSSR count). The second-order valence-corrected chi connectivity index (χ2v) is 4.03. The van der Waals surface area contributed by atoms with Gasteiger partial charge in [-0.2, -0.15) is 0 Å². The number of nitrogens with zero attached hydrogens (tertiary/aromatic N) is 4. The largest absolute Gasteiger partial charge is 0.414 e. The Balaban J connectivity index is 1.97. The Morgan fingerprint density at radius 2 is 1.70 bits per heavy atom. The standard InChI is InChI=1S/C14H11N5O/c1-2-9-3-5-10(6-4-9)13-18-19-14(20-13)11-12(15)17-8-7-16-11/h2-8H,1H2,(H2,15,17). The van der Waals surface area contributed by atoms with Crippen LogP contribution in [-0.4, -0.2) is 20.2 Å². The molecule has 0 fully saturated rings. The summed E-state index contributed by atoms with van der Waals surface area (Å²) in [5.41, 5.74) is 7.95. The lowest BCUT2D eigenvalue weighted by molar-refractivity contribution is 0.582. The molecule has 0 atom stereocenters. The third-order valence-electron chi connectivity index (χ3n) is 2.75. The molecular formula is C14H11N5O. The highest BCUT2D eigenvalue weighted by atomic mass is 16.4. The van der Waals surface area contributed by atoms with Crippen LogP contribution in [0.4, 0.5) is 5.82 Å². The molecule has 98 valence electrons. The normalized spacial score (nSPS) is 10.4. The third kappa shape index (κ3) is 2.14. The van der Waals surface area contributed by atoms with Crippen molar-refractivity contribution >= 4 is 11.9 Å². The van der Waals surface area contributed by atoms with Gasteiger partial charge in [0.2, 0.25) is 5.89 Å². The van der Waals surface area contributed by atoms with Crippen molar-refractivity contribution < 1.29 is 4.42 Å². The average molecular weight is 265 g/mol. The lowest BCUT2D eigenvalue weighted by Gasteiger charge is -1.97. The van der Waals surface area contributed by atoms with Crippen LogP contribution in [-0.2, 0) is 0 Å². The SMILES string of the molecule is C=Cc1ccc(-c2nnc(-c3nccnc3N)o2)cc1. The number of rotatable bonds is 3. The topological polar surface area (TPSA) is 90.7 Å². The maximum Gasteiger partial charge on any atom is 0.270 e. The molecule has 0 aliphatic heterocycles. The Hall–Kier alpha value is -3.02. The smallest absolute Gasteiger partial charge is 0.270 e. The van der Waals surface area contributed by atoms with Crippen LogP contribution in [0.2, 0.25) is 0 Å². The summed E-state index contributed by atoms with van der Waals surface area (Å²) in [5.74, 6) is 0.906. The van der Waals surface area contributed by atoms with Gasteiger partial charge in [-0.15, -0.1) is 10.2 Å². The number of nitrogens with two attached hydrogens (primary N) is 1. The van der Waals surface area contributed by atoms with E-state index in [-0.39, 0.29) is 11.7 Å². The Morgan fingerprint density at radius 1 is 1.00 bits per heavy atom. The van der Waals surface area contributed by atoms with Crippen LogP contribution in [0, 0.1) is 0 Å². The van der Waals surface area contributed by atoms with Gasteiger partial charge in [0.1, 0.15) is 0 Å². The zero-order valence-electron chi connectivity index (χ0n) is 10.5. The first-order chi connectivity index (χ1) is 9.78. The first kappa shape index (κ1) is 12.0. The Kier molecular flexibility index (Phi) is 2.96. The molecule has 1 aromatic carbocycles. The number of hydrogen-bond acceptors (Lipinski definition) is 6. The number of hydrogen-bond donors (Lipinski definition) is 1. The van der Waals surface area contributed by atoms with E-state index in [4.69, 9.17) is 10.2 Å². The fourth-order valence-electron chi connectivity index (χ4n) is 1.71. The van der Waals surface area contributed by atoms with E-state index in [1.54, 1.807) is 6.08 Å². The van der Waals surface area contributed by atoms with Crippen molar-refractivity contribution in [1.29, 1.82) is 0 Å². The minimum absolute atomic E-state index is 0.249. The molecule has 0 aliphatic carbocycles. The molecule has 0 saturated carbocycles. The summed E-state index contributed by atoms with van der Waals surface area (Å²) in [7, 11) is 0. The van der Waals surface area contributed by atoms with Gasteiger partial charge in [0.15, 0.2) is 11.5 Å². The van der Waals surface area contributed by atoms with Crippen molar-refractivity contribution in [2.24, 2.45) is 0 Å². The van der Waals surface area contributed by atoms with E-state index >= 15 is 0 Å². The zero-order chi connectivity index (χ0) is 13.9. The van der Waals surface area contributed by atoms with Crippen molar-refractivity contribution in [3.8, 4) is 23.0 Å². The Labute approximate surface area is 115 Å². The van der Waals surface area contributed by atoms with Gasteiger partial charge in [-0.25, -0.2) is 9.97 Å².